The summed E-state index contributed by atoms with van der Waals surface area (Å²) < 4.78 is -0.758. The summed E-state index contributed by atoms with van der Waals surface area (Å²) in [5.41, 5.74) is 4.12. The molecule has 1 N–H and O–H groups in total. The molecule has 14 heavy (non-hydrogen) atoms. The SMILES string of the molecule is Cc1cc(C)c2c(c1)C(Br)(Br)C(=O)N2. The molecule has 1 heterocycles. The van der Waals surface area contributed by atoms with Crippen LogP contribution in [0.15, 0.2) is 12.1 Å². The first-order chi connectivity index (χ1) is 6.43. The molecular weight excluding hydrogens is 310 g/mol. The molecule has 0 atom stereocenters. The largest absolute Gasteiger partial charge is 0.323 e. The predicted octanol–water partition coefficient (Wildman–Crippen LogP) is 3.20. The Labute approximate surface area is 99.3 Å². The average Bonchev–Trinajstić information content (AvgIpc) is 2.28. The zero-order valence-corrected chi connectivity index (χ0v) is 11.0. The lowest BCUT2D eigenvalue weighted by atomic mass is 10.0. The van der Waals surface area contributed by atoms with E-state index < -0.39 is 3.23 Å². The van der Waals surface area contributed by atoms with Crippen LogP contribution in [0.3, 0.4) is 0 Å². The molecule has 1 amide bonds. The van der Waals surface area contributed by atoms with Crippen molar-refractivity contribution < 1.29 is 4.79 Å². The first kappa shape index (κ1) is 10.2. The van der Waals surface area contributed by atoms with Crippen LogP contribution in [0.4, 0.5) is 5.69 Å². The summed E-state index contributed by atoms with van der Waals surface area (Å²) in [6, 6.07) is 4.06. The molecule has 1 aliphatic rings. The highest BCUT2D eigenvalue weighted by Gasteiger charge is 2.43. The van der Waals surface area contributed by atoms with Gasteiger partial charge in [0.15, 0.2) is 3.23 Å². The Hall–Kier alpha value is -0.350. The van der Waals surface area contributed by atoms with E-state index in [2.05, 4.69) is 43.2 Å². The Morgan fingerprint density at radius 2 is 1.93 bits per heavy atom. The minimum absolute atomic E-state index is 0.0683. The van der Waals surface area contributed by atoms with E-state index in [1.165, 1.54) is 0 Å². The fourth-order valence-corrected chi connectivity index (χ4v) is 2.52. The number of rotatable bonds is 0. The third kappa shape index (κ3) is 1.32. The number of benzene rings is 1. The third-order valence-electron chi connectivity index (χ3n) is 2.34. The van der Waals surface area contributed by atoms with Crippen molar-refractivity contribution in [2.24, 2.45) is 0 Å². The van der Waals surface area contributed by atoms with E-state index in [0.717, 1.165) is 22.4 Å². The Kier molecular flexibility index (Phi) is 2.23. The molecule has 1 aromatic carbocycles. The second-order valence-electron chi connectivity index (χ2n) is 3.53. The summed E-state index contributed by atoms with van der Waals surface area (Å²) in [5, 5.41) is 2.85. The van der Waals surface area contributed by atoms with Gasteiger partial charge in [0.1, 0.15) is 0 Å². The van der Waals surface area contributed by atoms with Gasteiger partial charge >= 0.3 is 0 Å². The molecule has 0 saturated carbocycles. The topological polar surface area (TPSA) is 29.1 Å². The number of fused-ring (bicyclic) bond motifs is 1. The number of anilines is 1. The van der Waals surface area contributed by atoms with Gasteiger partial charge in [-0.2, -0.15) is 0 Å². The molecule has 4 heteroatoms. The van der Waals surface area contributed by atoms with Gasteiger partial charge in [0.2, 0.25) is 0 Å². The van der Waals surface area contributed by atoms with Crippen LogP contribution in [0.2, 0.25) is 0 Å². The number of amides is 1. The van der Waals surface area contributed by atoms with Crippen molar-refractivity contribution in [3.8, 4) is 0 Å². The monoisotopic (exact) mass is 317 g/mol. The highest BCUT2D eigenvalue weighted by atomic mass is 79.9. The Morgan fingerprint density at radius 3 is 2.57 bits per heavy atom. The molecule has 0 bridgehead atoms. The maximum absolute atomic E-state index is 11.6. The number of carbonyl (C=O) groups is 1. The first-order valence-corrected chi connectivity index (χ1v) is 5.82. The van der Waals surface area contributed by atoms with Crippen LogP contribution in [0.5, 0.6) is 0 Å². The molecule has 0 radical (unpaired) electrons. The van der Waals surface area contributed by atoms with Crippen molar-refractivity contribution >= 4 is 43.5 Å². The molecule has 1 aliphatic heterocycles. The van der Waals surface area contributed by atoms with Gasteiger partial charge in [-0.1, -0.05) is 49.6 Å². The number of halogens is 2. The Bertz CT molecular complexity index is 426. The third-order valence-corrected chi connectivity index (χ3v) is 3.92. The lowest BCUT2D eigenvalue weighted by Crippen LogP contribution is -2.20. The zero-order valence-electron chi connectivity index (χ0n) is 7.82. The number of carbonyl (C=O) groups excluding carboxylic acids is 1. The summed E-state index contributed by atoms with van der Waals surface area (Å²) in [5.74, 6) is -0.0683. The number of nitrogens with one attached hydrogen (secondary N) is 1. The smallest absolute Gasteiger partial charge is 0.256 e. The van der Waals surface area contributed by atoms with Crippen LogP contribution in [-0.4, -0.2) is 5.91 Å². The van der Waals surface area contributed by atoms with E-state index >= 15 is 0 Å². The average molecular weight is 319 g/mol. The van der Waals surface area contributed by atoms with E-state index in [4.69, 9.17) is 0 Å². The van der Waals surface area contributed by atoms with E-state index in [1.807, 2.05) is 19.9 Å². The van der Waals surface area contributed by atoms with E-state index in [-0.39, 0.29) is 5.91 Å². The number of aryl methyl sites for hydroxylation is 2. The molecule has 1 aromatic rings. The second-order valence-corrected chi connectivity index (χ2v) is 6.98. The summed E-state index contributed by atoms with van der Waals surface area (Å²) in [7, 11) is 0. The number of alkyl halides is 2. The molecule has 2 nitrogen and oxygen atoms in total. The molecule has 0 aliphatic carbocycles. The first-order valence-electron chi connectivity index (χ1n) is 4.24. The van der Waals surface area contributed by atoms with Crippen LogP contribution in [0, 0.1) is 13.8 Å². The minimum Gasteiger partial charge on any atom is -0.323 e. The predicted molar refractivity (Wildman–Crippen MR) is 64.1 cm³/mol. The summed E-state index contributed by atoms with van der Waals surface area (Å²) in [6.07, 6.45) is 0. The molecule has 0 spiro atoms. The van der Waals surface area contributed by atoms with Crippen molar-refractivity contribution in [1.82, 2.24) is 0 Å². The fraction of sp³-hybridized carbons (Fsp3) is 0.300. The minimum atomic E-state index is -0.758. The highest BCUT2D eigenvalue weighted by molar-refractivity contribution is 9.25. The van der Waals surface area contributed by atoms with Crippen LogP contribution < -0.4 is 5.32 Å². The van der Waals surface area contributed by atoms with Crippen LogP contribution in [0.25, 0.3) is 0 Å². The summed E-state index contributed by atoms with van der Waals surface area (Å²) in [6.45, 7) is 4.01. The lowest BCUT2D eigenvalue weighted by molar-refractivity contribution is -0.115. The van der Waals surface area contributed by atoms with Gasteiger partial charge in [0.05, 0.1) is 0 Å². The van der Waals surface area contributed by atoms with Gasteiger partial charge in [-0.25, -0.2) is 0 Å². The molecule has 74 valence electrons. The van der Waals surface area contributed by atoms with Crippen molar-refractivity contribution in [1.29, 1.82) is 0 Å². The van der Waals surface area contributed by atoms with Crippen molar-refractivity contribution in [3.05, 3.63) is 28.8 Å². The van der Waals surface area contributed by atoms with Crippen molar-refractivity contribution in [2.45, 2.75) is 17.1 Å². The van der Waals surface area contributed by atoms with Crippen LogP contribution in [-0.2, 0) is 8.03 Å². The maximum Gasteiger partial charge on any atom is 0.256 e. The van der Waals surface area contributed by atoms with E-state index in [9.17, 15) is 4.79 Å². The molecule has 2 rings (SSSR count). The molecule has 0 unspecified atom stereocenters. The van der Waals surface area contributed by atoms with E-state index in [0.29, 0.717) is 0 Å². The van der Waals surface area contributed by atoms with Gasteiger partial charge in [0.25, 0.3) is 5.91 Å². The fourth-order valence-electron chi connectivity index (χ4n) is 1.70. The molecule has 0 saturated heterocycles. The van der Waals surface area contributed by atoms with Gasteiger partial charge in [-0.3, -0.25) is 4.79 Å². The highest BCUT2D eigenvalue weighted by Crippen LogP contribution is 2.48. The quantitative estimate of drug-likeness (QED) is 0.731. The normalized spacial score (nSPS) is 17.9. The second kappa shape index (κ2) is 3.07. The summed E-state index contributed by atoms with van der Waals surface area (Å²) in [4.78, 5) is 11.6. The Morgan fingerprint density at radius 1 is 1.29 bits per heavy atom. The molecule has 0 fully saturated rings. The van der Waals surface area contributed by atoms with Crippen molar-refractivity contribution in [3.63, 3.8) is 0 Å². The summed E-state index contributed by atoms with van der Waals surface area (Å²) >= 11 is 6.76. The number of hydrogen-bond donors (Lipinski definition) is 1. The van der Waals surface area contributed by atoms with Gasteiger partial charge < -0.3 is 5.32 Å². The zero-order chi connectivity index (χ0) is 10.5. The van der Waals surface area contributed by atoms with Gasteiger partial charge in [0, 0.05) is 11.3 Å². The molecular formula is C10H9Br2NO. The van der Waals surface area contributed by atoms with Crippen molar-refractivity contribution in [2.75, 3.05) is 5.32 Å². The number of hydrogen-bond acceptors (Lipinski definition) is 1. The van der Waals surface area contributed by atoms with Crippen LogP contribution in [0.1, 0.15) is 16.7 Å². The van der Waals surface area contributed by atoms with Crippen LogP contribution >= 0.6 is 31.9 Å². The van der Waals surface area contributed by atoms with Gasteiger partial charge in [-0.05, 0) is 19.4 Å². The van der Waals surface area contributed by atoms with Gasteiger partial charge in [-0.15, -0.1) is 0 Å². The van der Waals surface area contributed by atoms with E-state index in [1.54, 1.807) is 0 Å². The Balaban J connectivity index is 2.71. The lowest BCUT2D eigenvalue weighted by Gasteiger charge is -2.11. The standard InChI is InChI=1S/C10H9Br2NO/c1-5-3-6(2)8-7(4-5)10(11,12)9(14)13-8/h3-4H,1-2H3,(H,13,14). The maximum atomic E-state index is 11.6. The molecule has 0 aromatic heterocycles.